The van der Waals surface area contributed by atoms with Crippen LogP contribution in [0.3, 0.4) is 0 Å². The lowest BCUT2D eigenvalue weighted by atomic mass is 9.93. The molecule has 4 aromatic carbocycles. The Labute approximate surface area is 210 Å². The zero-order valence-corrected chi connectivity index (χ0v) is 21.1. The number of carbonyl (C=O) groups excluding carboxylic acids is 1. The van der Waals surface area contributed by atoms with Crippen LogP contribution in [0.4, 0.5) is 0 Å². The molecule has 176 valence electrons. The lowest BCUT2D eigenvalue weighted by molar-refractivity contribution is -0.137. The maximum Gasteiger partial charge on any atom is 0.334 e. The third-order valence-electron chi connectivity index (χ3n) is 6.07. The van der Waals surface area contributed by atoms with Crippen molar-refractivity contribution in [2.75, 3.05) is 6.61 Å². The van der Waals surface area contributed by atoms with Crippen LogP contribution in [0.15, 0.2) is 109 Å². The van der Waals surface area contributed by atoms with E-state index in [9.17, 15) is 4.79 Å². The summed E-state index contributed by atoms with van der Waals surface area (Å²) in [5.41, 5.74) is 1.06. The van der Waals surface area contributed by atoms with Crippen molar-refractivity contribution in [2.45, 2.75) is 19.4 Å². The molecule has 0 spiro atoms. The van der Waals surface area contributed by atoms with E-state index in [1.807, 2.05) is 60.7 Å². The van der Waals surface area contributed by atoms with Crippen LogP contribution in [0.2, 0.25) is 0 Å². The molecule has 1 aliphatic heterocycles. The Hall–Kier alpha value is -3.24. The molecular formula is C29H26NO3PS. The van der Waals surface area contributed by atoms with E-state index in [1.165, 1.54) is 6.08 Å². The van der Waals surface area contributed by atoms with Crippen LogP contribution in [0.1, 0.15) is 24.9 Å². The van der Waals surface area contributed by atoms with Crippen molar-refractivity contribution in [3.8, 4) is 5.75 Å². The highest BCUT2D eigenvalue weighted by molar-refractivity contribution is 8.20. The number of hydrogen-bond donors (Lipinski definition) is 1. The second-order valence-corrected chi connectivity index (χ2v) is 12.5. The van der Waals surface area contributed by atoms with Crippen LogP contribution in [-0.4, -0.2) is 12.6 Å². The zero-order chi connectivity index (χ0) is 24.3. The van der Waals surface area contributed by atoms with Gasteiger partial charge in [0.1, 0.15) is 11.5 Å². The summed E-state index contributed by atoms with van der Waals surface area (Å²) in [6, 6.07) is 32.6. The Balaban J connectivity index is 1.66. The third kappa shape index (κ3) is 4.81. The molecule has 0 radical (unpaired) electrons. The average molecular weight is 500 g/mol. The molecule has 6 heteroatoms. The summed E-state index contributed by atoms with van der Waals surface area (Å²) in [6.07, 6.45) is -0.482. The molecule has 35 heavy (non-hydrogen) atoms. The van der Waals surface area contributed by atoms with Gasteiger partial charge >= 0.3 is 5.97 Å². The van der Waals surface area contributed by atoms with Gasteiger partial charge in [-0.1, -0.05) is 103 Å². The predicted octanol–water partition coefficient (Wildman–Crippen LogP) is 5.75. The van der Waals surface area contributed by atoms with Gasteiger partial charge in [0.15, 0.2) is 0 Å². The van der Waals surface area contributed by atoms with Crippen LogP contribution in [0, 0.1) is 0 Å². The Bertz CT molecular complexity index is 1390. The average Bonchev–Trinajstić information content (AvgIpc) is 2.89. The number of benzene rings is 4. The first kappa shape index (κ1) is 23.5. The summed E-state index contributed by atoms with van der Waals surface area (Å²) < 4.78 is 11.4. The Morgan fingerprint density at radius 1 is 0.971 bits per heavy atom. The van der Waals surface area contributed by atoms with Crippen molar-refractivity contribution in [3.05, 3.63) is 114 Å². The van der Waals surface area contributed by atoms with Gasteiger partial charge in [-0.25, -0.2) is 4.79 Å². The van der Waals surface area contributed by atoms with Gasteiger partial charge in [-0.15, -0.1) is 0 Å². The van der Waals surface area contributed by atoms with Gasteiger partial charge in [-0.2, -0.15) is 0 Å². The van der Waals surface area contributed by atoms with Crippen LogP contribution in [0.25, 0.3) is 10.8 Å². The molecule has 0 fully saturated rings. The molecule has 1 unspecified atom stereocenters. The highest BCUT2D eigenvalue weighted by atomic mass is 32.4. The molecule has 0 aliphatic carbocycles. The van der Waals surface area contributed by atoms with Gasteiger partial charge in [-0.3, -0.25) is 5.09 Å². The van der Waals surface area contributed by atoms with E-state index < -0.39 is 12.2 Å². The lowest BCUT2D eigenvalue weighted by Crippen LogP contribution is -2.32. The number of ether oxygens (including phenoxy) is 2. The van der Waals surface area contributed by atoms with Crippen LogP contribution in [-0.2, 0) is 21.3 Å². The van der Waals surface area contributed by atoms with Crippen molar-refractivity contribution in [1.82, 2.24) is 5.09 Å². The number of esters is 1. The zero-order valence-electron chi connectivity index (χ0n) is 19.4. The van der Waals surface area contributed by atoms with Gasteiger partial charge in [0, 0.05) is 28.6 Å². The normalized spacial score (nSPS) is 16.5. The molecule has 0 saturated carbocycles. The molecule has 4 aromatic rings. The van der Waals surface area contributed by atoms with E-state index in [0.29, 0.717) is 18.8 Å². The van der Waals surface area contributed by atoms with Gasteiger partial charge in [0.05, 0.1) is 18.9 Å². The summed E-state index contributed by atoms with van der Waals surface area (Å²) >= 11 is 6.48. The van der Waals surface area contributed by atoms with Gasteiger partial charge in [0.2, 0.25) is 0 Å². The Morgan fingerprint density at radius 3 is 2.26 bits per heavy atom. The smallest absolute Gasteiger partial charge is 0.334 e. The molecule has 1 atom stereocenters. The topological polar surface area (TPSA) is 47.6 Å². The number of rotatable bonds is 6. The largest absolute Gasteiger partial charge is 0.463 e. The second-order valence-electron chi connectivity index (χ2n) is 8.33. The minimum Gasteiger partial charge on any atom is -0.463 e. The fourth-order valence-corrected chi connectivity index (χ4v) is 8.07. The maximum absolute atomic E-state index is 12.3. The number of fused-ring (bicyclic) bond motifs is 3. The fourth-order valence-electron chi connectivity index (χ4n) is 4.52. The van der Waals surface area contributed by atoms with E-state index in [-0.39, 0.29) is 6.04 Å². The highest BCUT2D eigenvalue weighted by Gasteiger charge is 2.33. The summed E-state index contributed by atoms with van der Waals surface area (Å²) in [7, 11) is 0. The molecule has 4 nitrogen and oxygen atoms in total. The van der Waals surface area contributed by atoms with Crippen LogP contribution >= 0.6 is 6.19 Å². The number of nitrogens with one attached hydrogen (secondary N) is 1. The van der Waals surface area contributed by atoms with E-state index in [4.69, 9.17) is 21.3 Å². The summed E-state index contributed by atoms with van der Waals surface area (Å²) in [6.45, 7) is 2.11. The van der Waals surface area contributed by atoms with Crippen molar-refractivity contribution in [2.24, 2.45) is 0 Å². The lowest BCUT2D eigenvalue weighted by Gasteiger charge is -2.35. The van der Waals surface area contributed by atoms with Gasteiger partial charge < -0.3 is 9.47 Å². The first-order chi connectivity index (χ1) is 17.1. The maximum atomic E-state index is 12.3. The van der Waals surface area contributed by atoms with E-state index in [2.05, 4.69) is 41.5 Å². The summed E-state index contributed by atoms with van der Waals surface area (Å²) in [4.78, 5) is 12.3. The van der Waals surface area contributed by atoms with Crippen LogP contribution < -0.4 is 20.4 Å². The van der Waals surface area contributed by atoms with Gasteiger partial charge in [0.25, 0.3) is 0 Å². The van der Waals surface area contributed by atoms with E-state index in [0.717, 1.165) is 32.7 Å². The second kappa shape index (κ2) is 10.2. The third-order valence-corrected chi connectivity index (χ3v) is 10.4. The first-order valence-corrected chi connectivity index (χ1v) is 14.4. The van der Waals surface area contributed by atoms with Crippen LogP contribution in [0.5, 0.6) is 5.75 Å². The summed E-state index contributed by atoms with van der Waals surface area (Å²) in [5, 5.41) is 8.32. The van der Waals surface area contributed by atoms with Crippen molar-refractivity contribution in [1.29, 1.82) is 0 Å². The van der Waals surface area contributed by atoms with Crippen molar-refractivity contribution < 1.29 is 14.3 Å². The van der Waals surface area contributed by atoms with Crippen molar-refractivity contribution in [3.63, 3.8) is 0 Å². The standard InChI is InChI=1S/C29H26NO3PS/c1-2-32-28(31)20-22-19-26(29-25-16-10-9-11-21(25)17-18-27(29)33-22)30-34(35,23-12-5-3-6-13-23)24-14-7-4-8-15-24/h3-18,20,26H,2,19H2,1H3,(H,30,35)/b22-20+. The minimum absolute atomic E-state index is 0.156. The minimum atomic E-state index is -2.42. The highest BCUT2D eigenvalue weighted by Crippen LogP contribution is 2.48. The molecule has 1 heterocycles. The monoisotopic (exact) mass is 499 g/mol. The molecule has 0 aromatic heterocycles. The van der Waals surface area contributed by atoms with Gasteiger partial charge in [-0.05, 0) is 23.8 Å². The molecule has 0 bridgehead atoms. The Morgan fingerprint density at radius 2 is 1.60 bits per heavy atom. The molecule has 5 rings (SSSR count). The van der Waals surface area contributed by atoms with E-state index >= 15 is 0 Å². The molecule has 0 saturated heterocycles. The number of carbonyl (C=O) groups is 1. The number of hydrogen-bond acceptors (Lipinski definition) is 4. The van der Waals surface area contributed by atoms with Crippen molar-refractivity contribution >= 4 is 45.3 Å². The molecule has 1 N–H and O–H groups in total. The fraction of sp³-hybridized carbons (Fsp3) is 0.138. The van der Waals surface area contributed by atoms with E-state index in [1.54, 1.807) is 6.92 Å². The Kier molecular flexibility index (Phi) is 6.83. The molecule has 1 aliphatic rings. The first-order valence-electron chi connectivity index (χ1n) is 11.6. The quantitative estimate of drug-likeness (QED) is 0.208. The summed E-state index contributed by atoms with van der Waals surface area (Å²) in [5.74, 6) is 0.883. The molecular weight excluding hydrogens is 473 g/mol. The molecule has 0 amide bonds. The SMILES string of the molecule is CCOC(=O)/C=C1\CC(NP(=S)(c2ccccc2)c2ccccc2)c2c(ccc3ccccc23)O1. The predicted molar refractivity (Wildman–Crippen MR) is 146 cm³/mol.